The highest BCUT2D eigenvalue weighted by Crippen LogP contribution is 2.30. The zero-order valence-corrected chi connectivity index (χ0v) is 10.3. The number of fused-ring (bicyclic) bond motifs is 1. The Morgan fingerprint density at radius 3 is 2.74 bits per heavy atom. The number of halogens is 3. The fraction of sp³-hybridized carbons (Fsp3) is 0.417. The van der Waals surface area contributed by atoms with Crippen LogP contribution in [0.4, 0.5) is 13.2 Å². The number of methoxy groups -OCH3 is 1. The number of aryl methyl sites for hydroxylation is 1. The number of nitrogens with zero attached hydrogens (tertiary/aromatic N) is 1. The van der Waals surface area contributed by atoms with E-state index in [1.807, 2.05) is 0 Å². The number of imidazole rings is 1. The number of hydrogen-bond donors (Lipinski definition) is 1. The minimum Gasteiger partial charge on any atom is -0.385 e. The zero-order chi connectivity index (χ0) is 14.0. The van der Waals surface area contributed by atoms with E-state index in [-0.39, 0.29) is 5.52 Å². The molecule has 0 atom stereocenters. The maximum Gasteiger partial charge on any atom is 0.416 e. The number of hydrogen-bond acceptors (Lipinski definition) is 2. The summed E-state index contributed by atoms with van der Waals surface area (Å²) in [5, 5.41) is 0. The van der Waals surface area contributed by atoms with E-state index in [0.29, 0.717) is 25.1 Å². The summed E-state index contributed by atoms with van der Waals surface area (Å²) in [7, 11) is 1.55. The highest BCUT2D eigenvalue weighted by Gasteiger charge is 2.30. The highest BCUT2D eigenvalue weighted by atomic mass is 19.4. The smallest absolute Gasteiger partial charge is 0.385 e. The van der Waals surface area contributed by atoms with E-state index < -0.39 is 17.4 Å². The summed E-state index contributed by atoms with van der Waals surface area (Å²) in [4.78, 5) is 14.1. The molecule has 0 saturated heterocycles. The summed E-state index contributed by atoms with van der Waals surface area (Å²) >= 11 is 0. The van der Waals surface area contributed by atoms with Crippen LogP contribution in [0.3, 0.4) is 0 Å². The Balaban J connectivity index is 2.40. The first kappa shape index (κ1) is 13.7. The van der Waals surface area contributed by atoms with Gasteiger partial charge in [0, 0.05) is 20.3 Å². The molecule has 0 radical (unpaired) electrons. The molecule has 1 N–H and O–H groups in total. The number of rotatable bonds is 4. The molecule has 0 spiro atoms. The van der Waals surface area contributed by atoms with Crippen molar-refractivity contribution in [3.8, 4) is 0 Å². The van der Waals surface area contributed by atoms with Crippen molar-refractivity contribution in [3.63, 3.8) is 0 Å². The summed E-state index contributed by atoms with van der Waals surface area (Å²) in [5.74, 6) is 0. The van der Waals surface area contributed by atoms with Gasteiger partial charge in [0.05, 0.1) is 16.6 Å². The second-order valence-corrected chi connectivity index (χ2v) is 4.16. The molecular weight excluding hydrogens is 261 g/mol. The molecule has 0 saturated carbocycles. The molecule has 0 aliphatic rings. The largest absolute Gasteiger partial charge is 0.416 e. The van der Waals surface area contributed by atoms with E-state index >= 15 is 0 Å². The fourth-order valence-electron chi connectivity index (χ4n) is 1.93. The lowest BCUT2D eigenvalue weighted by atomic mass is 10.2. The van der Waals surface area contributed by atoms with E-state index in [4.69, 9.17) is 4.74 Å². The molecule has 0 fully saturated rings. The summed E-state index contributed by atoms with van der Waals surface area (Å²) in [6.45, 7) is 0.887. The van der Waals surface area contributed by atoms with Gasteiger partial charge < -0.3 is 9.72 Å². The van der Waals surface area contributed by atoms with Crippen LogP contribution in [0.25, 0.3) is 11.0 Å². The van der Waals surface area contributed by atoms with Crippen LogP contribution in [-0.4, -0.2) is 23.3 Å². The predicted molar refractivity (Wildman–Crippen MR) is 64.1 cm³/mol. The molecule has 2 aromatic rings. The minimum absolute atomic E-state index is 0.192. The van der Waals surface area contributed by atoms with Crippen LogP contribution in [0.1, 0.15) is 12.0 Å². The minimum atomic E-state index is -4.41. The number of H-pyrrole nitrogens is 1. The maximum atomic E-state index is 12.6. The van der Waals surface area contributed by atoms with Gasteiger partial charge in [0.2, 0.25) is 0 Å². The highest BCUT2D eigenvalue weighted by molar-refractivity contribution is 5.76. The first-order valence-corrected chi connectivity index (χ1v) is 5.72. The van der Waals surface area contributed by atoms with Gasteiger partial charge in [-0.15, -0.1) is 0 Å². The third-order valence-electron chi connectivity index (χ3n) is 2.83. The summed E-state index contributed by atoms with van der Waals surface area (Å²) in [6, 6.07) is 3.23. The Morgan fingerprint density at radius 2 is 2.11 bits per heavy atom. The van der Waals surface area contributed by atoms with E-state index in [2.05, 4.69) is 4.98 Å². The average Bonchev–Trinajstić information content (AvgIpc) is 2.64. The van der Waals surface area contributed by atoms with Crippen LogP contribution in [0.15, 0.2) is 23.0 Å². The predicted octanol–water partition coefficient (Wildman–Crippen LogP) is 2.38. The van der Waals surface area contributed by atoms with Crippen LogP contribution < -0.4 is 5.69 Å². The number of nitrogens with one attached hydrogen (secondary N) is 1. The second kappa shape index (κ2) is 5.08. The molecule has 1 aromatic heterocycles. The van der Waals surface area contributed by atoms with Gasteiger partial charge in [0.1, 0.15) is 0 Å². The Bertz CT molecular complexity index is 628. The van der Waals surface area contributed by atoms with E-state index in [9.17, 15) is 18.0 Å². The number of benzene rings is 1. The molecule has 0 aliphatic carbocycles. The molecule has 0 unspecified atom stereocenters. The lowest BCUT2D eigenvalue weighted by Gasteiger charge is -2.07. The molecule has 19 heavy (non-hydrogen) atoms. The molecule has 104 valence electrons. The molecule has 0 amide bonds. The van der Waals surface area contributed by atoms with E-state index in [1.165, 1.54) is 10.6 Å². The van der Waals surface area contributed by atoms with E-state index in [1.54, 1.807) is 7.11 Å². The van der Waals surface area contributed by atoms with Crippen molar-refractivity contribution < 1.29 is 17.9 Å². The van der Waals surface area contributed by atoms with Crippen LogP contribution in [-0.2, 0) is 17.5 Å². The number of alkyl halides is 3. The van der Waals surface area contributed by atoms with Crippen molar-refractivity contribution in [2.75, 3.05) is 13.7 Å². The Morgan fingerprint density at radius 1 is 1.37 bits per heavy atom. The monoisotopic (exact) mass is 274 g/mol. The van der Waals surface area contributed by atoms with Crippen molar-refractivity contribution in [2.45, 2.75) is 19.1 Å². The zero-order valence-electron chi connectivity index (χ0n) is 10.3. The van der Waals surface area contributed by atoms with Crippen LogP contribution >= 0.6 is 0 Å². The molecule has 0 bridgehead atoms. The Kier molecular flexibility index (Phi) is 3.66. The van der Waals surface area contributed by atoms with Crippen molar-refractivity contribution in [1.82, 2.24) is 9.55 Å². The van der Waals surface area contributed by atoms with Crippen LogP contribution in [0.5, 0.6) is 0 Å². The molecule has 4 nitrogen and oxygen atoms in total. The van der Waals surface area contributed by atoms with Crippen molar-refractivity contribution in [2.24, 2.45) is 0 Å². The standard InChI is InChI=1S/C12H13F3N2O2/c1-19-6-2-5-17-10-4-3-8(12(13,14)15)7-9(10)16-11(17)18/h3-4,7H,2,5-6H2,1H3,(H,16,18). The molecule has 0 aliphatic heterocycles. The molecule has 1 heterocycles. The van der Waals surface area contributed by atoms with Gasteiger partial charge in [0.25, 0.3) is 0 Å². The maximum absolute atomic E-state index is 12.6. The van der Waals surface area contributed by atoms with Crippen molar-refractivity contribution in [3.05, 3.63) is 34.2 Å². The van der Waals surface area contributed by atoms with Gasteiger partial charge in [-0.3, -0.25) is 4.57 Å². The second-order valence-electron chi connectivity index (χ2n) is 4.16. The Labute approximate surface area is 106 Å². The topological polar surface area (TPSA) is 47.0 Å². The molecule has 7 heteroatoms. The van der Waals surface area contributed by atoms with Crippen molar-refractivity contribution >= 4 is 11.0 Å². The average molecular weight is 274 g/mol. The summed E-state index contributed by atoms with van der Waals surface area (Å²) < 4.78 is 44.0. The SMILES string of the molecule is COCCCn1c(=O)[nH]c2cc(C(F)(F)F)ccc21. The first-order chi connectivity index (χ1) is 8.93. The number of aromatic amines is 1. The summed E-state index contributed by atoms with van der Waals surface area (Å²) in [5.41, 5.74) is -0.526. The summed E-state index contributed by atoms with van der Waals surface area (Å²) in [6.07, 6.45) is -3.80. The van der Waals surface area contributed by atoms with Gasteiger partial charge in [-0.1, -0.05) is 0 Å². The van der Waals surface area contributed by atoms with Gasteiger partial charge in [-0.05, 0) is 24.6 Å². The van der Waals surface area contributed by atoms with Gasteiger partial charge in [-0.2, -0.15) is 13.2 Å². The van der Waals surface area contributed by atoms with Gasteiger partial charge in [0.15, 0.2) is 0 Å². The Hall–Kier alpha value is -1.76. The van der Waals surface area contributed by atoms with Gasteiger partial charge in [-0.25, -0.2) is 4.79 Å². The lowest BCUT2D eigenvalue weighted by Crippen LogP contribution is -2.17. The van der Waals surface area contributed by atoms with Gasteiger partial charge >= 0.3 is 11.9 Å². The lowest BCUT2D eigenvalue weighted by molar-refractivity contribution is -0.137. The quantitative estimate of drug-likeness (QED) is 0.870. The first-order valence-electron chi connectivity index (χ1n) is 5.72. The van der Waals surface area contributed by atoms with Crippen molar-refractivity contribution in [1.29, 1.82) is 0 Å². The molecule has 1 aromatic carbocycles. The number of aromatic nitrogens is 2. The van der Waals surface area contributed by atoms with Crippen LogP contribution in [0.2, 0.25) is 0 Å². The number of ether oxygens (including phenoxy) is 1. The molecule has 2 rings (SSSR count). The normalized spacial score (nSPS) is 12.2. The fourth-order valence-corrected chi connectivity index (χ4v) is 1.93. The van der Waals surface area contributed by atoms with E-state index in [0.717, 1.165) is 12.1 Å². The third-order valence-corrected chi connectivity index (χ3v) is 2.83. The van der Waals surface area contributed by atoms with Crippen LogP contribution in [0, 0.1) is 0 Å². The third kappa shape index (κ3) is 2.81. The molecular formula is C12H13F3N2O2.